The minimum absolute atomic E-state index is 0.0377. The summed E-state index contributed by atoms with van der Waals surface area (Å²) >= 11 is 0. The van der Waals surface area contributed by atoms with Crippen LogP contribution in [0.25, 0.3) is 0 Å². The van der Waals surface area contributed by atoms with Crippen molar-refractivity contribution in [3.8, 4) is 5.75 Å². The molecule has 2 rings (SSSR count). The second-order valence-electron chi connectivity index (χ2n) is 5.85. The number of methoxy groups -OCH3 is 1. The number of rotatable bonds is 8. The Labute approximate surface area is 154 Å². The lowest BCUT2D eigenvalue weighted by atomic mass is 10.1. The number of carboxylic acid groups (broad SMARTS) is 1. The van der Waals surface area contributed by atoms with Crippen molar-refractivity contribution in [3.05, 3.63) is 65.0 Å². The van der Waals surface area contributed by atoms with Gasteiger partial charge in [0.25, 0.3) is 0 Å². The molecule has 0 aromatic heterocycles. The standard InChI is InChI=1S/C19H18F3NO4/c1-27-17-5-3-12(8-16(17)22)10-18(24)23(7-6-19(25)26)11-13-2-4-14(20)15(21)9-13/h2-5,8-9H,6-7,10-11H2,1H3,(H,25,26). The fourth-order valence-electron chi connectivity index (χ4n) is 2.49. The molecule has 2 aromatic carbocycles. The molecule has 1 amide bonds. The molecule has 0 spiro atoms. The van der Waals surface area contributed by atoms with Crippen LogP contribution in [-0.4, -0.2) is 35.5 Å². The van der Waals surface area contributed by atoms with Gasteiger partial charge < -0.3 is 14.7 Å². The van der Waals surface area contributed by atoms with Gasteiger partial charge in [-0.2, -0.15) is 0 Å². The van der Waals surface area contributed by atoms with Gasteiger partial charge in [-0.05, 0) is 35.4 Å². The highest BCUT2D eigenvalue weighted by atomic mass is 19.2. The highest BCUT2D eigenvalue weighted by Crippen LogP contribution is 2.19. The lowest BCUT2D eigenvalue weighted by Gasteiger charge is -2.22. The Morgan fingerprint density at radius 1 is 1.00 bits per heavy atom. The number of aliphatic carboxylic acids is 1. The molecule has 0 aliphatic rings. The van der Waals surface area contributed by atoms with Crippen molar-refractivity contribution in [2.45, 2.75) is 19.4 Å². The predicted octanol–water partition coefficient (Wildman–Crippen LogP) is 3.16. The number of halogens is 3. The minimum Gasteiger partial charge on any atom is -0.494 e. The zero-order valence-corrected chi connectivity index (χ0v) is 14.5. The predicted molar refractivity (Wildman–Crippen MR) is 90.7 cm³/mol. The molecule has 2 aromatic rings. The second-order valence-corrected chi connectivity index (χ2v) is 5.85. The minimum atomic E-state index is -1.10. The smallest absolute Gasteiger partial charge is 0.305 e. The molecule has 5 nitrogen and oxygen atoms in total. The van der Waals surface area contributed by atoms with Crippen molar-refractivity contribution in [3.63, 3.8) is 0 Å². The number of benzene rings is 2. The molecular weight excluding hydrogens is 363 g/mol. The maximum absolute atomic E-state index is 13.8. The fraction of sp³-hybridized carbons (Fsp3) is 0.263. The molecule has 0 aliphatic heterocycles. The zero-order valence-electron chi connectivity index (χ0n) is 14.5. The van der Waals surface area contributed by atoms with Crippen molar-refractivity contribution >= 4 is 11.9 Å². The first kappa shape index (κ1) is 20.3. The molecule has 0 fully saturated rings. The van der Waals surface area contributed by atoms with Crippen LogP contribution in [0.3, 0.4) is 0 Å². The van der Waals surface area contributed by atoms with Crippen molar-refractivity contribution in [2.75, 3.05) is 13.7 Å². The van der Waals surface area contributed by atoms with Crippen molar-refractivity contribution in [2.24, 2.45) is 0 Å². The third kappa shape index (κ3) is 5.73. The maximum Gasteiger partial charge on any atom is 0.305 e. The maximum atomic E-state index is 13.8. The lowest BCUT2D eigenvalue weighted by Crippen LogP contribution is -2.33. The van der Waals surface area contributed by atoms with Crippen LogP contribution in [0.1, 0.15) is 17.5 Å². The molecule has 0 aliphatic carbocycles. The van der Waals surface area contributed by atoms with E-state index in [1.165, 1.54) is 30.2 Å². The van der Waals surface area contributed by atoms with Gasteiger partial charge in [-0.25, -0.2) is 13.2 Å². The third-order valence-electron chi connectivity index (χ3n) is 3.88. The molecule has 0 radical (unpaired) electrons. The molecule has 1 N–H and O–H groups in total. The summed E-state index contributed by atoms with van der Waals surface area (Å²) in [5, 5.41) is 8.86. The molecular formula is C19H18F3NO4. The van der Waals surface area contributed by atoms with Crippen LogP contribution in [0.4, 0.5) is 13.2 Å². The summed E-state index contributed by atoms with van der Waals surface area (Å²) < 4.78 is 45.0. The molecule has 0 saturated heterocycles. The number of ether oxygens (including phenoxy) is 1. The average molecular weight is 381 g/mol. The molecule has 0 saturated carbocycles. The van der Waals surface area contributed by atoms with E-state index in [1.807, 2.05) is 0 Å². The van der Waals surface area contributed by atoms with Gasteiger partial charge in [0.1, 0.15) is 0 Å². The van der Waals surface area contributed by atoms with Gasteiger partial charge in [0.15, 0.2) is 23.2 Å². The highest BCUT2D eigenvalue weighted by Gasteiger charge is 2.17. The van der Waals surface area contributed by atoms with E-state index in [1.54, 1.807) is 0 Å². The van der Waals surface area contributed by atoms with Gasteiger partial charge in [0.2, 0.25) is 5.91 Å². The summed E-state index contributed by atoms with van der Waals surface area (Å²) in [7, 11) is 1.32. The van der Waals surface area contributed by atoms with E-state index in [4.69, 9.17) is 9.84 Å². The summed E-state index contributed by atoms with van der Waals surface area (Å²) in [5.74, 6) is -4.23. The molecule has 0 unspecified atom stereocenters. The number of carbonyl (C=O) groups is 2. The van der Waals surface area contributed by atoms with E-state index in [-0.39, 0.29) is 31.7 Å². The molecule has 0 bridgehead atoms. The topological polar surface area (TPSA) is 66.8 Å². The van der Waals surface area contributed by atoms with Crippen LogP contribution in [0.2, 0.25) is 0 Å². The Morgan fingerprint density at radius 3 is 2.26 bits per heavy atom. The number of hydrogen-bond donors (Lipinski definition) is 1. The van der Waals surface area contributed by atoms with Crippen LogP contribution in [0, 0.1) is 17.5 Å². The van der Waals surface area contributed by atoms with Crippen molar-refractivity contribution < 1.29 is 32.6 Å². The summed E-state index contributed by atoms with van der Waals surface area (Å²) in [5.41, 5.74) is 0.692. The quantitative estimate of drug-likeness (QED) is 0.763. The molecule has 0 atom stereocenters. The second kappa shape index (κ2) is 9.07. The fourth-order valence-corrected chi connectivity index (χ4v) is 2.49. The Morgan fingerprint density at radius 2 is 1.67 bits per heavy atom. The van der Waals surface area contributed by atoms with Crippen molar-refractivity contribution in [1.29, 1.82) is 0 Å². The summed E-state index contributed by atoms with van der Waals surface area (Å²) in [6.45, 7) is -0.215. The van der Waals surface area contributed by atoms with E-state index in [2.05, 4.69) is 0 Å². The van der Waals surface area contributed by atoms with E-state index in [0.717, 1.165) is 18.2 Å². The summed E-state index contributed by atoms with van der Waals surface area (Å²) in [6.07, 6.45) is -0.489. The van der Waals surface area contributed by atoms with Gasteiger partial charge in [0.05, 0.1) is 20.0 Å². The highest BCUT2D eigenvalue weighted by molar-refractivity contribution is 5.79. The average Bonchev–Trinajstić information content (AvgIpc) is 2.61. The summed E-state index contributed by atoms with van der Waals surface area (Å²) in [6, 6.07) is 7.25. The molecule has 8 heteroatoms. The summed E-state index contributed by atoms with van der Waals surface area (Å²) in [4.78, 5) is 24.6. The Hall–Kier alpha value is -3.03. The van der Waals surface area contributed by atoms with E-state index < -0.39 is 29.3 Å². The van der Waals surface area contributed by atoms with Gasteiger partial charge in [0, 0.05) is 13.1 Å². The Kier molecular flexibility index (Phi) is 6.81. The van der Waals surface area contributed by atoms with Crippen LogP contribution in [-0.2, 0) is 22.6 Å². The van der Waals surface area contributed by atoms with E-state index in [9.17, 15) is 22.8 Å². The number of carboxylic acids is 1. The van der Waals surface area contributed by atoms with E-state index >= 15 is 0 Å². The zero-order chi connectivity index (χ0) is 20.0. The monoisotopic (exact) mass is 381 g/mol. The number of nitrogens with zero attached hydrogens (tertiary/aromatic N) is 1. The Balaban J connectivity index is 2.16. The van der Waals surface area contributed by atoms with Gasteiger partial charge in [-0.1, -0.05) is 12.1 Å². The first-order valence-corrected chi connectivity index (χ1v) is 8.06. The first-order valence-electron chi connectivity index (χ1n) is 8.06. The SMILES string of the molecule is COc1ccc(CC(=O)N(CCC(=O)O)Cc2ccc(F)c(F)c2)cc1F. The van der Waals surface area contributed by atoms with Gasteiger partial charge in [-0.15, -0.1) is 0 Å². The molecule has 144 valence electrons. The number of carbonyl (C=O) groups excluding carboxylic acids is 1. The third-order valence-corrected chi connectivity index (χ3v) is 3.88. The van der Waals surface area contributed by atoms with Crippen LogP contribution in [0.5, 0.6) is 5.75 Å². The van der Waals surface area contributed by atoms with Crippen LogP contribution >= 0.6 is 0 Å². The van der Waals surface area contributed by atoms with Crippen molar-refractivity contribution in [1.82, 2.24) is 4.90 Å². The largest absolute Gasteiger partial charge is 0.494 e. The van der Waals surface area contributed by atoms with Crippen LogP contribution < -0.4 is 4.74 Å². The first-order chi connectivity index (χ1) is 12.8. The molecule has 27 heavy (non-hydrogen) atoms. The Bertz CT molecular complexity index is 842. The van der Waals surface area contributed by atoms with Gasteiger partial charge >= 0.3 is 5.97 Å². The van der Waals surface area contributed by atoms with E-state index in [0.29, 0.717) is 11.1 Å². The number of amides is 1. The van der Waals surface area contributed by atoms with Crippen LogP contribution in [0.15, 0.2) is 36.4 Å². The normalized spacial score (nSPS) is 10.5. The number of hydrogen-bond acceptors (Lipinski definition) is 3. The lowest BCUT2D eigenvalue weighted by molar-refractivity contribution is -0.138. The molecule has 0 heterocycles. The van der Waals surface area contributed by atoms with Gasteiger partial charge in [-0.3, -0.25) is 9.59 Å².